The highest BCUT2D eigenvalue weighted by Gasteiger charge is 2.52. The lowest BCUT2D eigenvalue weighted by molar-refractivity contribution is -0.235. The van der Waals surface area contributed by atoms with Crippen LogP contribution in [0.4, 0.5) is 0 Å². The van der Waals surface area contributed by atoms with E-state index in [0.29, 0.717) is 6.42 Å². The van der Waals surface area contributed by atoms with Crippen molar-refractivity contribution in [2.45, 2.75) is 74.2 Å². The van der Waals surface area contributed by atoms with E-state index >= 15 is 0 Å². The molecule has 4 nitrogen and oxygen atoms in total. The van der Waals surface area contributed by atoms with Gasteiger partial charge in [0.15, 0.2) is 6.29 Å². The van der Waals surface area contributed by atoms with Gasteiger partial charge in [0.25, 0.3) is 0 Å². The highest BCUT2D eigenvalue weighted by atomic mass is 16.7. The molecule has 0 saturated carbocycles. The minimum atomic E-state index is -0.536. The summed E-state index contributed by atoms with van der Waals surface area (Å²) in [5.74, 6) is -0.158. The summed E-state index contributed by atoms with van der Waals surface area (Å²) in [4.78, 5) is 25.2. The molecule has 29 heavy (non-hydrogen) atoms. The summed E-state index contributed by atoms with van der Waals surface area (Å²) >= 11 is 0. The predicted molar refractivity (Wildman–Crippen MR) is 116 cm³/mol. The summed E-state index contributed by atoms with van der Waals surface area (Å²) in [5.41, 5.74) is 3.13. The normalized spacial score (nSPS) is 37.1. The highest BCUT2D eigenvalue weighted by molar-refractivity contribution is 5.84. The van der Waals surface area contributed by atoms with Crippen molar-refractivity contribution in [2.75, 3.05) is 7.11 Å². The molecule has 1 heterocycles. The molecule has 1 aliphatic carbocycles. The molecular formula is C25H38O4. The Balaban J connectivity index is 2.53. The average molecular weight is 403 g/mol. The van der Waals surface area contributed by atoms with E-state index in [9.17, 15) is 9.59 Å². The molecule has 4 unspecified atom stereocenters. The van der Waals surface area contributed by atoms with Crippen LogP contribution in [0.25, 0.3) is 0 Å². The second-order valence-electron chi connectivity index (χ2n) is 9.24. The Morgan fingerprint density at radius 2 is 1.93 bits per heavy atom. The van der Waals surface area contributed by atoms with Gasteiger partial charge in [-0.05, 0) is 20.8 Å². The van der Waals surface area contributed by atoms with Crippen LogP contribution in [-0.2, 0) is 19.1 Å². The average Bonchev–Trinajstić information content (AvgIpc) is 2.64. The summed E-state index contributed by atoms with van der Waals surface area (Å²) < 4.78 is 11.9. The Hall–Kier alpha value is -1.52. The summed E-state index contributed by atoms with van der Waals surface area (Å²) in [6, 6.07) is 0. The van der Waals surface area contributed by atoms with Gasteiger partial charge in [-0.25, -0.2) is 0 Å². The van der Waals surface area contributed by atoms with Crippen LogP contribution in [0.15, 0.2) is 34.9 Å². The van der Waals surface area contributed by atoms with E-state index in [1.807, 2.05) is 27.7 Å². The summed E-state index contributed by atoms with van der Waals surface area (Å²) in [5, 5.41) is 0. The molecule has 2 aliphatic rings. The molecule has 0 amide bonds. The van der Waals surface area contributed by atoms with Crippen molar-refractivity contribution in [1.82, 2.24) is 0 Å². The second-order valence-corrected chi connectivity index (χ2v) is 9.24. The number of rotatable bonds is 6. The van der Waals surface area contributed by atoms with Crippen LogP contribution in [-0.4, -0.2) is 31.1 Å². The fourth-order valence-electron chi connectivity index (χ4n) is 5.57. The molecule has 0 N–H and O–H groups in total. The van der Waals surface area contributed by atoms with Crippen molar-refractivity contribution in [1.29, 1.82) is 0 Å². The molecule has 0 radical (unpaired) electrons. The molecule has 7 atom stereocenters. The van der Waals surface area contributed by atoms with E-state index in [4.69, 9.17) is 9.47 Å². The maximum Gasteiger partial charge on any atom is 0.167 e. The van der Waals surface area contributed by atoms with E-state index in [1.54, 1.807) is 7.11 Å². The predicted octanol–water partition coefficient (Wildman–Crippen LogP) is 5.29. The summed E-state index contributed by atoms with van der Waals surface area (Å²) in [7, 11) is 1.59. The zero-order valence-electron chi connectivity index (χ0n) is 19.5. The van der Waals surface area contributed by atoms with E-state index in [0.717, 1.165) is 5.57 Å². The maximum absolute atomic E-state index is 13.0. The van der Waals surface area contributed by atoms with Gasteiger partial charge in [0, 0.05) is 36.7 Å². The standard InChI is InChI=1S/C25H38O4/c1-10-20(26)15(3)12-17(5)21-16(4)11-14(2)13-25(21,8)23-18(6)22(27)19(7)24(28-9)29-23/h11-13,15,18-19,21,23-24H,10H2,1-9H3/b17-12+/t15-,18?,19?,21-,23?,24?,25-/m1/s1. The second kappa shape index (κ2) is 9.09. The van der Waals surface area contributed by atoms with Crippen LogP contribution in [0.3, 0.4) is 0 Å². The molecule has 0 aromatic carbocycles. The smallest absolute Gasteiger partial charge is 0.167 e. The third-order valence-electron chi connectivity index (χ3n) is 6.78. The van der Waals surface area contributed by atoms with E-state index in [-0.39, 0.29) is 41.3 Å². The van der Waals surface area contributed by atoms with Gasteiger partial charge in [0.05, 0.1) is 12.0 Å². The molecule has 1 fully saturated rings. The van der Waals surface area contributed by atoms with E-state index in [1.165, 1.54) is 11.1 Å². The van der Waals surface area contributed by atoms with E-state index in [2.05, 4.69) is 45.9 Å². The molecule has 0 aromatic rings. The fraction of sp³-hybridized carbons (Fsp3) is 0.680. The first-order chi connectivity index (χ1) is 13.5. The highest BCUT2D eigenvalue weighted by Crippen LogP contribution is 2.51. The lowest BCUT2D eigenvalue weighted by Crippen LogP contribution is -2.55. The Kier molecular flexibility index (Phi) is 7.45. The first kappa shape index (κ1) is 23.8. The molecule has 1 saturated heterocycles. The summed E-state index contributed by atoms with van der Waals surface area (Å²) in [6.07, 6.45) is 6.22. The monoisotopic (exact) mass is 402 g/mol. The van der Waals surface area contributed by atoms with Gasteiger partial charge in [-0.1, -0.05) is 69.6 Å². The largest absolute Gasteiger partial charge is 0.355 e. The number of allylic oxidation sites excluding steroid dienone is 5. The number of ketones is 2. The Labute approximate surface area is 176 Å². The fourth-order valence-corrected chi connectivity index (χ4v) is 5.57. The topological polar surface area (TPSA) is 52.6 Å². The minimum Gasteiger partial charge on any atom is -0.355 e. The van der Waals surface area contributed by atoms with Crippen LogP contribution < -0.4 is 0 Å². The van der Waals surface area contributed by atoms with Crippen molar-refractivity contribution in [3.05, 3.63) is 34.9 Å². The van der Waals surface area contributed by atoms with Crippen molar-refractivity contribution >= 4 is 11.6 Å². The van der Waals surface area contributed by atoms with E-state index < -0.39 is 11.7 Å². The van der Waals surface area contributed by atoms with Gasteiger partial charge in [-0.15, -0.1) is 0 Å². The van der Waals surface area contributed by atoms with Crippen molar-refractivity contribution in [3.8, 4) is 0 Å². The molecule has 1 aliphatic heterocycles. The van der Waals surface area contributed by atoms with Gasteiger partial charge in [0.2, 0.25) is 0 Å². The zero-order chi connectivity index (χ0) is 22.1. The van der Waals surface area contributed by atoms with Crippen molar-refractivity contribution in [3.63, 3.8) is 0 Å². The Bertz CT molecular complexity index is 744. The van der Waals surface area contributed by atoms with Gasteiger partial charge < -0.3 is 9.47 Å². The summed E-state index contributed by atoms with van der Waals surface area (Å²) in [6.45, 7) is 16.2. The third-order valence-corrected chi connectivity index (χ3v) is 6.78. The molecule has 2 rings (SSSR count). The van der Waals surface area contributed by atoms with Gasteiger partial charge in [-0.3, -0.25) is 9.59 Å². The quantitative estimate of drug-likeness (QED) is 0.567. The lowest BCUT2D eigenvalue weighted by Gasteiger charge is -2.50. The van der Waals surface area contributed by atoms with Gasteiger partial charge in [-0.2, -0.15) is 0 Å². The Morgan fingerprint density at radius 3 is 2.48 bits per heavy atom. The van der Waals surface area contributed by atoms with Crippen LogP contribution in [0.2, 0.25) is 0 Å². The first-order valence-electron chi connectivity index (χ1n) is 10.8. The van der Waals surface area contributed by atoms with Crippen LogP contribution in [0.5, 0.6) is 0 Å². The van der Waals surface area contributed by atoms with Gasteiger partial charge >= 0.3 is 0 Å². The third kappa shape index (κ3) is 4.49. The number of carbonyl (C=O) groups excluding carboxylic acids is 2. The van der Waals surface area contributed by atoms with Crippen LogP contribution >= 0.6 is 0 Å². The molecule has 0 bridgehead atoms. The molecule has 162 valence electrons. The minimum absolute atomic E-state index is 0.0597. The number of Topliss-reactive ketones (excluding diaryl/α,β-unsaturated/α-hetero) is 2. The number of ether oxygens (including phenoxy) is 2. The van der Waals surface area contributed by atoms with Crippen molar-refractivity contribution < 1.29 is 19.1 Å². The lowest BCUT2D eigenvalue weighted by atomic mass is 9.60. The Morgan fingerprint density at radius 1 is 1.31 bits per heavy atom. The first-order valence-corrected chi connectivity index (χ1v) is 10.8. The van der Waals surface area contributed by atoms with Crippen molar-refractivity contribution in [2.24, 2.45) is 29.1 Å². The number of hydrogen-bond acceptors (Lipinski definition) is 4. The maximum atomic E-state index is 13.0. The number of hydrogen-bond donors (Lipinski definition) is 0. The molecule has 0 spiro atoms. The van der Waals surface area contributed by atoms with Crippen LogP contribution in [0, 0.1) is 29.1 Å². The molecular weight excluding hydrogens is 364 g/mol. The number of carbonyl (C=O) groups is 2. The zero-order valence-corrected chi connectivity index (χ0v) is 19.5. The van der Waals surface area contributed by atoms with Crippen LogP contribution in [0.1, 0.15) is 61.8 Å². The SMILES string of the molecule is CCC(=O)[C@H](C)/C=C(\C)[C@H]1C(C)=CC(C)=C[C@@]1(C)C1OC(OC)C(C)C(=O)C1C. The molecule has 4 heteroatoms. The van der Waals surface area contributed by atoms with Gasteiger partial charge in [0.1, 0.15) is 11.6 Å². The molecule has 0 aromatic heterocycles. The number of methoxy groups -OCH3 is 1.